The molecule has 0 unspecified atom stereocenters. The quantitative estimate of drug-likeness (QED) is 0.568. The highest BCUT2D eigenvalue weighted by Gasteiger charge is 2.22. The Morgan fingerprint density at radius 2 is 1.69 bits per heavy atom. The highest BCUT2D eigenvalue weighted by atomic mass is 16.2. The van der Waals surface area contributed by atoms with Crippen molar-refractivity contribution in [1.82, 2.24) is 19.6 Å². The first-order chi connectivity index (χ1) is 17.0. The van der Waals surface area contributed by atoms with Crippen LogP contribution in [0.1, 0.15) is 36.6 Å². The van der Waals surface area contributed by atoms with Gasteiger partial charge in [0.1, 0.15) is 0 Å². The number of nitrogens with zero attached hydrogens (tertiary/aromatic N) is 5. The van der Waals surface area contributed by atoms with Crippen molar-refractivity contribution >= 4 is 17.5 Å². The number of amides is 2. The molecule has 1 aliphatic heterocycles. The Bertz CT molecular complexity index is 1130. The summed E-state index contributed by atoms with van der Waals surface area (Å²) in [5, 5.41) is 4.22. The van der Waals surface area contributed by atoms with Gasteiger partial charge in [0.05, 0.1) is 0 Å². The second kappa shape index (κ2) is 11.8. The summed E-state index contributed by atoms with van der Waals surface area (Å²) in [7, 11) is 1.90. The highest BCUT2D eigenvalue weighted by Crippen LogP contribution is 2.24. The number of hydrogen-bond acceptors (Lipinski definition) is 4. The van der Waals surface area contributed by atoms with Gasteiger partial charge >= 0.3 is 0 Å². The summed E-state index contributed by atoms with van der Waals surface area (Å²) in [5.74, 6) is 0.148. The molecule has 0 radical (unpaired) electrons. The number of aromatic nitrogens is 2. The molecule has 3 aromatic rings. The van der Waals surface area contributed by atoms with Crippen LogP contribution < -0.4 is 4.90 Å². The molecular formula is C28H35N5O2. The molecule has 0 aliphatic carbocycles. The summed E-state index contributed by atoms with van der Waals surface area (Å²) in [6.07, 6.45) is 3.72. The van der Waals surface area contributed by atoms with E-state index in [0.717, 1.165) is 43.0 Å². The van der Waals surface area contributed by atoms with Crippen molar-refractivity contribution in [2.24, 2.45) is 7.05 Å². The molecule has 0 N–H and O–H groups in total. The zero-order chi connectivity index (χ0) is 24.6. The van der Waals surface area contributed by atoms with Gasteiger partial charge in [-0.15, -0.1) is 0 Å². The van der Waals surface area contributed by atoms with Crippen LogP contribution in [0.4, 0.5) is 5.69 Å². The van der Waals surface area contributed by atoms with Crippen LogP contribution in [-0.2, 0) is 36.1 Å². The lowest BCUT2D eigenvalue weighted by Crippen LogP contribution is -2.38. The Morgan fingerprint density at radius 3 is 2.43 bits per heavy atom. The Hall–Kier alpha value is -3.45. The van der Waals surface area contributed by atoms with E-state index in [9.17, 15) is 9.59 Å². The maximum atomic E-state index is 13.4. The molecule has 35 heavy (non-hydrogen) atoms. The molecule has 0 fully saturated rings. The first-order valence-electron chi connectivity index (χ1n) is 12.4. The summed E-state index contributed by atoms with van der Waals surface area (Å²) in [6.45, 7) is 5.88. The van der Waals surface area contributed by atoms with E-state index in [4.69, 9.17) is 0 Å². The molecule has 0 saturated carbocycles. The maximum Gasteiger partial charge on any atom is 0.223 e. The molecule has 2 aromatic carbocycles. The van der Waals surface area contributed by atoms with Gasteiger partial charge in [-0.25, -0.2) is 0 Å². The molecule has 184 valence electrons. The average molecular weight is 474 g/mol. The van der Waals surface area contributed by atoms with Gasteiger partial charge in [-0.05, 0) is 36.1 Å². The van der Waals surface area contributed by atoms with Gasteiger partial charge in [0.2, 0.25) is 11.8 Å². The number of para-hydroxylation sites is 1. The SMILES string of the molecule is CC(=O)N1CCCN(Cc2ccccc2)CCN(C(=O)CCc2ccnn2C)Cc2ccccc21. The van der Waals surface area contributed by atoms with Crippen molar-refractivity contribution in [2.75, 3.05) is 31.1 Å². The number of anilines is 1. The molecule has 2 amide bonds. The second-order valence-corrected chi connectivity index (χ2v) is 9.18. The van der Waals surface area contributed by atoms with E-state index in [1.807, 2.05) is 57.9 Å². The highest BCUT2D eigenvalue weighted by molar-refractivity contribution is 5.92. The van der Waals surface area contributed by atoms with Crippen LogP contribution in [0, 0.1) is 0 Å². The lowest BCUT2D eigenvalue weighted by Gasteiger charge is -2.28. The predicted molar refractivity (Wildman–Crippen MR) is 138 cm³/mol. The Morgan fingerprint density at radius 1 is 0.914 bits per heavy atom. The van der Waals surface area contributed by atoms with E-state index in [0.29, 0.717) is 32.5 Å². The number of carbonyl (C=O) groups is 2. The molecule has 7 nitrogen and oxygen atoms in total. The zero-order valence-corrected chi connectivity index (χ0v) is 20.8. The monoisotopic (exact) mass is 473 g/mol. The number of hydrogen-bond donors (Lipinski definition) is 0. The van der Waals surface area contributed by atoms with Crippen molar-refractivity contribution in [2.45, 2.75) is 39.3 Å². The maximum absolute atomic E-state index is 13.4. The summed E-state index contributed by atoms with van der Waals surface area (Å²) < 4.78 is 1.82. The molecule has 0 bridgehead atoms. The van der Waals surface area contributed by atoms with Gasteiger partial charge in [-0.3, -0.25) is 19.2 Å². The Labute approximate surface area is 207 Å². The summed E-state index contributed by atoms with van der Waals surface area (Å²) >= 11 is 0. The van der Waals surface area contributed by atoms with Crippen molar-refractivity contribution in [3.8, 4) is 0 Å². The van der Waals surface area contributed by atoms with Crippen LogP contribution in [0.3, 0.4) is 0 Å². The van der Waals surface area contributed by atoms with Crippen molar-refractivity contribution in [1.29, 1.82) is 0 Å². The third-order valence-electron chi connectivity index (χ3n) is 6.69. The van der Waals surface area contributed by atoms with E-state index < -0.39 is 0 Å². The van der Waals surface area contributed by atoms with Gasteiger partial charge < -0.3 is 9.80 Å². The first kappa shape index (κ1) is 24.7. The molecule has 1 aromatic heterocycles. The van der Waals surface area contributed by atoms with E-state index in [1.165, 1.54) is 5.56 Å². The van der Waals surface area contributed by atoms with Crippen molar-refractivity contribution in [3.05, 3.63) is 83.7 Å². The first-order valence-corrected chi connectivity index (χ1v) is 12.4. The van der Waals surface area contributed by atoms with Crippen LogP contribution in [0.25, 0.3) is 0 Å². The predicted octanol–water partition coefficient (Wildman–Crippen LogP) is 3.64. The fourth-order valence-corrected chi connectivity index (χ4v) is 4.72. The van der Waals surface area contributed by atoms with E-state index in [-0.39, 0.29) is 11.8 Å². The van der Waals surface area contributed by atoms with Gasteiger partial charge in [-0.2, -0.15) is 5.10 Å². The van der Waals surface area contributed by atoms with E-state index >= 15 is 0 Å². The van der Waals surface area contributed by atoms with Crippen LogP contribution in [0.2, 0.25) is 0 Å². The van der Waals surface area contributed by atoms with Gasteiger partial charge in [0.25, 0.3) is 0 Å². The molecule has 0 spiro atoms. The normalized spacial score (nSPS) is 15.4. The van der Waals surface area contributed by atoms with E-state index in [1.54, 1.807) is 13.1 Å². The van der Waals surface area contributed by atoms with Crippen molar-refractivity contribution < 1.29 is 9.59 Å². The average Bonchev–Trinajstić information content (AvgIpc) is 3.26. The summed E-state index contributed by atoms with van der Waals surface area (Å²) in [4.78, 5) is 32.2. The number of fused-ring (bicyclic) bond motifs is 1. The van der Waals surface area contributed by atoms with Gasteiger partial charge in [0, 0.05) is 77.2 Å². The molecule has 7 heteroatoms. The number of aryl methyl sites for hydroxylation is 2. The van der Waals surface area contributed by atoms with Crippen LogP contribution >= 0.6 is 0 Å². The van der Waals surface area contributed by atoms with E-state index in [2.05, 4.69) is 34.3 Å². The lowest BCUT2D eigenvalue weighted by atomic mass is 10.1. The minimum absolute atomic E-state index is 0.0281. The topological polar surface area (TPSA) is 61.7 Å². The molecule has 4 rings (SSSR count). The number of carbonyl (C=O) groups excluding carboxylic acids is 2. The van der Waals surface area contributed by atoms with Crippen LogP contribution in [0.15, 0.2) is 66.9 Å². The number of benzene rings is 2. The zero-order valence-electron chi connectivity index (χ0n) is 20.8. The largest absolute Gasteiger partial charge is 0.337 e. The lowest BCUT2D eigenvalue weighted by molar-refractivity contribution is -0.132. The van der Waals surface area contributed by atoms with Gasteiger partial charge in [-0.1, -0.05) is 48.5 Å². The minimum atomic E-state index is 0.0281. The fourth-order valence-electron chi connectivity index (χ4n) is 4.72. The fraction of sp³-hybridized carbons (Fsp3) is 0.393. The van der Waals surface area contributed by atoms with Crippen molar-refractivity contribution in [3.63, 3.8) is 0 Å². The Kier molecular flexibility index (Phi) is 8.32. The van der Waals surface area contributed by atoms with Gasteiger partial charge in [0.15, 0.2) is 0 Å². The molecule has 1 aliphatic rings. The molecular weight excluding hydrogens is 438 g/mol. The third kappa shape index (κ3) is 6.57. The number of rotatable bonds is 5. The molecule has 0 saturated heterocycles. The van der Waals surface area contributed by atoms with Crippen LogP contribution in [0.5, 0.6) is 0 Å². The molecule has 2 heterocycles. The molecule has 0 atom stereocenters. The second-order valence-electron chi connectivity index (χ2n) is 9.18. The standard InChI is InChI=1S/C28H35N5O2/c1-23(34)33-18-8-17-31(21-24-9-4-3-5-10-24)19-20-32(22-25-11-6-7-12-27(25)33)28(35)14-13-26-15-16-29-30(26)2/h3-7,9-12,15-16H,8,13-14,17-22H2,1-2H3. The van der Waals surface area contributed by atoms with Crippen LogP contribution in [-0.4, -0.2) is 57.6 Å². The minimum Gasteiger partial charge on any atom is -0.337 e. The third-order valence-corrected chi connectivity index (χ3v) is 6.69. The summed E-state index contributed by atoms with van der Waals surface area (Å²) in [5.41, 5.74) is 4.21. The Balaban J connectivity index is 1.57. The summed E-state index contributed by atoms with van der Waals surface area (Å²) in [6, 6.07) is 20.4. The smallest absolute Gasteiger partial charge is 0.223 e.